The highest BCUT2D eigenvalue weighted by Gasteiger charge is 2.30. The number of fused-ring (bicyclic) bond motifs is 1. The Hall–Kier alpha value is -1.51. The standard InChI is InChI=1S/C14H20N4O3S/c1-4-11-9-18(5-6-21-11)22(19,20)12-7-13-10(2)16-17(3)14(13)15-8-12/h7-8,11H,4-6,9H2,1-3H3/t11-/m0/s1. The van der Waals surface area contributed by atoms with Gasteiger partial charge in [-0.3, -0.25) is 4.68 Å². The Morgan fingerprint density at radius 1 is 1.45 bits per heavy atom. The van der Waals surface area contributed by atoms with Crippen LogP contribution in [0.2, 0.25) is 0 Å². The average Bonchev–Trinajstić information content (AvgIpc) is 2.81. The van der Waals surface area contributed by atoms with Crippen molar-refractivity contribution in [3.05, 3.63) is 18.0 Å². The third kappa shape index (κ3) is 2.51. The molecule has 120 valence electrons. The Labute approximate surface area is 129 Å². The van der Waals surface area contributed by atoms with Gasteiger partial charge in [-0.05, 0) is 19.4 Å². The first kappa shape index (κ1) is 15.4. The molecule has 3 rings (SSSR count). The molecule has 2 aromatic heterocycles. The van der Waals surface area contributed by atoms with Crippen LogP contribution < -0.4 is 0 Å². The highest BCUT2D eigenvalue weighted by Crippen LogP contribution is 2.23. The van der Waals surface area contributed by atoms with E-state index in [0.29, 0.717) is 25.3 Å². The lowest BCUT2D eigenvalue weighted by Crippen LogP contribution is -2.45. The fraction of sp³-hybridized carbons (Fsp3) is 0.571. The summed E-state index contributed by atoms with van der Waals surface area (Å²) in [6.07, 6.45) is 2.17. The fourth-order valence-electron chi connectivity index (χ4n) is 2.74. The second-order valence-corrected chi connectivity index (χ2v) is 7.45. The average molecular weight is 324 g/mol. The summed E-state index contributed by atoms with van der Waals surface area (Å²) in [4.78, 5) is 4.48. The van der Waals surface area contributed by atoms with E-state index in [0.717, 1.165) is 17.5 Å². The van der Waals surface area contributed by atoms with Crippen molar-refractivity contribution in [1.82, 2.24) is 19.1 Å². The summed E-state index contributed by atoms with van der Waals surface area (Å²) in [5.41, 5.74) is 1.46. The number of nitrogens with zero attached hydrogens (tertiary/aromatic N) is 4. The molecule has 0 aliphatic carbocycles. The number of hydrogen-bond acceptors (Lipinski definition) is 5. The first-order chi connectivity index (χ1) is 10.4. The quantitative estimate of drug-likeness (QED) is 0.844. The van der Waals surface area contributed by atoms with Crippen molar-refractivity contribution in [2.45, 2.75) is 31.3 Å². The van der Waals surface area contributed by atoms with Crippen molar-refractivity contribution in [3.8, 4) is 0 Å². The number of aromatic nitrogens is 3. The molecular weight excluding hydrogens is 304 g/mol. The fourth-order valence-corrected chi connectivity index (χ4v) is 4.16. The summed E-state index contributed by atoms with van der Waals surface area (Å²) in [6, 6.07) is 1.66. The van der Waals surface area contributed by atoms with Crippen LogP contribution in [0.4, 0.5) is 0 Å². The first-order valence-corrected chi connectivity index (χ1v) is 8.78. The molecule has 0 aromatic carbocycles. The van der Waals surface area contributed by atoms with E-state index >= 15 is 0 Å². The van der Waals surface area contributed by atoms with E-state index in [1.54, 1.807) is 17.8 Å². The van der Waals surface area contributed by atoms with Gasteiger partial charge in [-0.2, -0.15) is 9.40 Å². The maximum atomic E-state index is 12.8. The van der Waals surface area contributed by atoms with Crippen LogP contribution in [0, 0.1) is 6.92 Å². The molecule has 1 aliphatic heterocycles. The summed E-state index contributed by atoms with van der Waals surface area (Å²) in [5.74, 6) is 0. The molecule has 1 atom stereocenters. The van der Waals surface area contributed by atoms with Gasteiger partial charge in [0.1, 0.15) is 4.90 Å². The smallest absolute Gasteiger partial charge is 0.244 e. The van der Waals surface area contributed by atoms with E-state index in [1.165, 1.54) is 10.5 Å². The molecule has 0 radical (unpaired) electrons. The van der Waals surface area contributed by atoms with Crippen molar-refractivity contribution in [1.29, 1.82) is 0 Å². The predicted molar refractivity (Wildman–Crippen MR) is 82.0 cm³/mol. The van der Waals surface area contributed by atoms with Gasteiger partial charge in [0.2, 0.25) is 10.0 Å². The summed E-state index contributed by atoms with van der Waals surface area (Å²) >= 11 is 0. The highest BCUT2D eigenvalue weighted by atomic mass is 32.2. The second-order valence-electron chi connectivity index (χ2n) is 5.52. The van der Waals surface area contributed by atoms with Crippen LogP contribution in [0.5, 0.6) is 0 Å². The molecule has 0 bridgehead atoms. The molecule has 0 saturated carbocycles. The van der Waals surface area contributed by atoms with Crippen LogP contribution in [-0.4, -0.2) is 53.3 Å². The number of morpholine rings is 1. The topological polar surface area (TPSA) is 77.3 Å². The number of rotatable bonds is 3. The van der Waals surface area contributed by atoms with Crippen molar-refractivity contribution < 1.29 is 13.2 Å². The Bertz CT molecular complexity index is 800. The highest BCUT2D eigenvalue weighted by molar-refractivity contribution is 7.89. The van der Waals surface area contributed by atoms with E-state index in [4.69, 9.17) is 4.74 Å². The minimum atomic E-state index is -3.55. The number of sulfonamides is 1. The number of hydrogen-bond donors (Lipinski definition) is 0. The van der Waals surface area contributed by atoms with Crippen molar-refractivity contribution in [2.24, 2.45) is 7.05 Å². The molecule has 0 N–H and O–H groups in total. The van der Waals surface area contributed by atoms with Crippen molar-refractivity contribution in [3.63, 3.8) is 0 Å². The van der Waals surface area contributed by atoms with Crippen LogP contribution in [0.15, 0.2) is 17.2 Å². The zero-order valence-electron chi connectivity index (χ0n) is 13.0. The maximum Gasteiger partial charge on any atom is 0.244 e. The van der Waals surface area contributed by atoms with E-state index in [-0.39, 0.29) is 11.0 Å². The van der Waals surface area contributed by atoms with Gasteiger partial charge in [0.05, 0.1) is 18.4 Å². The molecule has 8 heteroatoms. The third-order valence-electron chi connectivity index (χ3n) is 4.03. The van der Waals surface area contributed by atoms with E-state index in [1.807, 2.05) is 13.8 Å². The van der Waals surface area contributed by atoms with E-state index < -0.39 is 10.0 Å². The Morgan fingerprint density at radius 2 is 2.23 bits per heavy atom. The van der Waals surface area contributed by atoms with E-state index in [2.05, 4.69) is 10.1 Å². The summed E-state index contributed by atoms with van der Waals surface area (Å²) in [5, 5.41) is 5.04. The minimum absolute atomic E-state index is 0.0413. The van der Waals surface area contributed by atoms with Gasteiger partial charge in [0.15, 0.2) is 5.65 Å². The van der Waals surface area contributed by atoms with Gasteiger partial charge in [-0.25, -0.2) is 13.4 Å². The molecule has 0 spiro atoms. The monoisotopic (exact) mass is 324 g/mol. The predicted octanol–water partition coefficient (Wildman–Crippen LogP) is 1.08. The summed E-state index contributed by atoms with van der Waals surface area (Å²) < 4.78 is 34.3. The molecule has 3 heterocycles. The van der Waals surface area contributed by atoms with Crippen LogP contribution in [-0.2, 0) is 21.8 Å². The Morgan fingerprint density at radius 3 is 2.95 bits per heavy atom. The lowest BCUT2D eigenvalue weighted by molar-refractivity contribution is -0.00278. The molecule has 7 nitrogen and oxygen atoms in total. The first-order valence-electron chi connectivity index (χ1n) is 7.34. The zero-order chi connectivity index (χ0) is 15.9. The number of ether oxygens (including phenoxy) is 1. The van der Waals surface area contributed by atoms with Crippen molar-refractivity contribution in [2.75, 3.05) is 19.7 Å². The Kier molecular flexibility index (Phi) is 3.92. The summed E-state index contributed by atoms with van der Waals surface area (Å²) in [7, 11) is -1.75. The number of aryl methyl sites for hydroxylation is 2. The molecule has 1 saturated heterocycles. The third-order valence-corrected chi connectivity index (χ3v) is 5.86. The van der Waals surface area contributed by atoms with Gasteiger partial charge in [0.25, 0.3) is 0 Å². The van der Waals surface area contributed by atoms with Crippen molar-refractivity contribution >= 4 is 21.1 Å². The van der Waals surface area contributed by atoms with Gasteiger partial charge < -0.3 is 4.74 Å². The van der Waals surface area contributed by atoms with Crippen LogP contribution >= 0.6 is 0 Å². The van der Waals surface area contributed by atoms with Crippen LogP contribution in [0.3, 0.4) is 0 Å². The zero-order valence-corrected chi connectivity index (χ0v) is 13.8. The molecule has 22 heavy (non-hydrogen) atoms. The molecule has 1 fully saturated rings. The SMILES string of the molecule is CC[C@H]1CN(S(=O)(=O)c2cnc3c(c2)c(C)nn3C)CCO1. The molecule has 0 amide bonds. The Balaban J connectivity index is 2.00. The van der Waals surface area contributed by atoms with Gasteiger partial charge in [0, 0.05) is 31.7 Å². The molecule has 2 aromatic rings. The molecular formula is C14H20N4O3S. The van der Waals surface area contributed by atoms with Gasteiger partial charge in [-0.1, -0.05) is 6.92 Å². The molecule has 0 unspecified atom stereocenters. The second kappa shape index (κ2) is 5.60. The van der Waals surface area contributed by atoms with Crippen LogP contribution in [0.1, 0.15) is 19.0 Å². The summed E-state index contributed by atoms with van der Waals surface area (Å²) in [6.45, 7) is 5.04. The normalized spacial score (nSPS) is 20.6. The molecule has 1 aliphatic rings. The lowest BCUT2D eigenvalue weighted by atomic mass is 10.2. The van der Waals surface area contributed by atoms with Crippen LogP contribution in [0.25, 0.3) is 11.0 Å². The van der Waals surface area contributed by atoms with Gasteiger partial charge in [-0.15, -0.1) is 0 Å². The lowest BCUT2D eigenvalue weighted by Gasteiger charge is -2.31. The minimum Gasteiger partial charge on any atom is -0.375 e. The van der Waals surface area contributed by atoms with E-state index in [9.17, 15) is 8.42 Å². The van der Waals surface area contributed by atoms with Gasteiger partial charge >= 0.3 is 0 Å². The maximum absolute atomic E-state index is 12.8. The largest absolute Gasteiger partial charge is 0.375 e. The number of pyridine rings is 1.